The van der Waals surface area contributed by atoms with Crippen LogP contribution in [0.4, 0.5) is 0 Å². The Labute approximate surface area is 757 Å². The summed E-state index contributed by atoms with van der Waals surface area (Å²) in [4.78, 5) is 269. The van der Waals surface area contributed by atoms with Crippen molar-refractivity contribution in [3.8, 4) is 5.75 Å². The number of nitrogens with one attached hydrogen (secondary N) is 20. The van der Waals surface area contributed by atoms with Gasteiger partial charge in [-0.3, -0.25) is 107 Å². The van der Waals surface area contributed by atoms with Crippen molar-refractivity contribution in [3.05, 3.63) is 102 Å². The van der Waals surface area contributed by atoms with Gasteiger partial charge in [0.15, 0.2) is 11.9 Å². The number of nitrogens with two attached hydrogens (primary N) is 5. The second-order valence-electron chi connectivity index (χ2n) is 30.2. The van der Waals surface area contributed by atoms with E-state index in [1.807, 2.05) is 0 Å². The lowest BCUT2D eigenvalue weighted by atomic mass is 10.0. The lowest BCUT2D eigenvalue weighted by Gasteiger charge is -2.27. The molecule has 0 radical (unpaired) electrons. The van der Waals surface area contributed by atoms with Crippen LogP contribution in [-0.4, -0.2) is 287 Å². The number of unbranched alkanes of at least 4 members (excludes halogenated alkanes) is 1. The molecule has 0 saturated heterocycles. The molecule has 0 saturated carbocycles. The zero-order valence-electron chi connectivity index (χ0n) is 73.0. The Bertz CT molecular complexity index is 4450. The number of carboxylic acid groups (broad SMARTS) is 3. The van der Waals surface area contributed by atoms with E-state index in [2.05, 4.69) is 95.7 Å². The summed E-state index contributed by atoms with van der Waals surface area (Å²) in [5.74, 6) is -22.6. The molecule has 0 unspecified atom stereocenters. The van der Waals surface area contributed by atoms with E-state index in [4.69, 9.17) is 44.6 Å². The maximum absolute atomic E-state index is 14.8. The molecule has 50 heteroatoms. The van der Waals surface area contributed by atoms with E-state index in [1.165, 1.54) is 68.9 Å². The Morgan fingerprint density at radius 2 is 0.679 bits per heavy atom. The number of primary amides is 1. The Balaban J connectivity index is 1.90. The van der Waals surface area contributed by atoms with Crippen LogP contribution in [0.3, 0.4) is 0 Å². The lowest BCUT2D eigenvalue weighted by molar-refractivity contribution is -0.142. The first kappa shape index (κ1) is 111. The summed E-state index contributed by atoms with van der Waals surface area (Å²) in [5, 5.41) is 97.7. The Kier molecular flexibility index (Phi) is 49.9. The average molecular weight is 1860 g/mol. The highest BCUT2D eigenvalue weighted by atomic mass is 32.2. The number of thioether (sulfide) groups is 1. The summed E-state index contributed by atoms with van der Waals surface area (Å²) in [7, 11) is 0. The number of guanidine groups is 2. The van der Waals surface area contributed by atoms with Gasteiger partial charge in [-0.05, 0) is 133 Å². The van der Waals surface area contributed by atoms with E-state index >= 15 is 0 Å². The minimum atomic E-state index is -2.11. The monoisotopic (exact) mass is 1860 g/mol. The number of carbonyl (C=O) groups is 20. The van der Waals surface area contributed by atoms with Crippen LogP contribution in [-0.2, 0) is 115 Å². The molecule has 0 bridgehead atoms. The van der Waals surface area contributed by atoms with Gasteiger partial charge in [-0.2, -0.15) is 11.8 Å². The molecular formula is C81H121N25O24S. The van der Waals surface area contributed by atoms with E-state index in [9.17, 15) is 111 Å². The fourth-order valence-corrected chi connectivity index (χ4v) is 12.6. The van der Waals surface area contributed by atoms with Gasteiger partial charge < -0.3 is 145 Å². The Morgan fingerprint density at radius 3 is 1.11 bits per heavy atom. The topological polar surface area (TPSA) is 817 Å². The Morgan fingerprint density at radius 1 is 0.344 bits per heavy atom. The first-order valence-electron chi connectivity index (χ1n) is 41.6. The number of hydrogen-bond donors (Lipinski definition) is 29. The number of amides is 17. The molecule has 0 spiro atoms. The lowest BCUT2D eigenvalue weighted by Crippen LogP contribution is -2.61. The summed E-state index contributed by atoms with van der Waals surface area (Å²) < 4.78 is 0. The second-order valence-corrected chi connectivity index (χ2v) is 31.2. The number of rotatable bonds is 61. The maximum atomic E-state index is 14.8. The van der Waals surface area contributed by atoms with Crippen LogP contribution in [0.25, 0.3) is 0 Å². The van der Waals surface area contributed by atoms with Crippen molar-refractivity contribution in [2.75, 3.05) is 51.3 Å². The molecular weight excluding hydrogens is 1740 g/mol. The van der Waals surface area contributed by atoms with Crippen LogP contribution in [0.1, 0.15) is 121 Å². The zero-order valence-corrected chi connectivity index (χ0v) is 73.8. The molecule has 3 aromatic rings. The van der Waals surface area contributed by atoms with Gasteiger partial charge in [-0.25, -0.2) is 0 Å². The summed E-state index contributed by atoms with van der Waals surface area (Å²) in [6, 6.07) is -0.637. The number of aromatic hydroxyl groups is 1. The van der Waals surface area contributed by atoms with E-state index in [-0.39, 0.29) is 95.2 Å². The molecule has 3 aromatic carbocycles. The highest BCUT2D eigenvalue weighted by Crippen LogP contribution is 2.16. The average Bonchev–Trinajstić information content (AvgIpc) is 0.851. The SMILES string of the molecule is CSCC[C@H](NC(=O)[C@@H](N)CCC(N)=O)C(=O)N[C@@H](Cc1ccccc1)C(=O)NCC(=O)NCC(=O)N[C@@H](CCCNC(=N)N)C(=O)N[C@@H](C)C(=O)N[C@@H](Cc1ccc(O)cc1)C(=O)N[C@@H](CC(=O)O)C(=O)N[C@@H](Cc1ccccc1)C(=O)N[C@@H](CCCNC(=N)N)C(=O)N[C@@H](C)C(=O)N[C@@H](CC(=O)O)C(=O)N[C@@H](CCCCN)C(=O)N[C@@H](C)C(=O)N[C@@H](C)C(=O)NCC(=O)O. The van der Waals surface area contributed by atoms with E-state index in [0.717, 1.165) is 6.92 Å². The predicted octanol–water partition coefficient (Wildman–Crippen LogP) is -8.81. The number of benzene rings is 3. The molecule has 49 nitrogen and oxygen atoms in total. The molecule has 0 aliphatic carbocycles. The third kappa shape index (κ3) is 44.8. The van der Waals surface area contributed by atoms with Crippen molar-refractivity contribution in [2.45, 2.75) is 209 Å². The van der Waals surface area contributed by atoms with Gasteiger partial charge in [-0.15, -0.1) is 0 Å². The summed E-state index contributed by atoms with van der Waals surface area (Å²) in [5.41, 5.74) is 29.0. The number of hydrogen-bond acceptors (Lipinski definition) is 26. The normalized spacial score (nSPS) is 14.0. The molecule has 131 heavy (non-hydrogen) atoms. The summed E-state index contributed by atoms with van der Waals surface area (Å²) in [6.45, 7) is 2.44. The maximum Gasteiger partial charge on any atom is 0.322 e. The van der Waals surface area contributed by atoms with E-state index < -0.39 is 260 Å². The highest BCUT2D eigenvalue weighted by molar-refractivity contribution is 7.98. The molecule has 0 aliphatic rings. The second kappa shape index (κ2) is 58.9. The molecule has 14 atom stereocenters. The highest BCUT2D eigenvalue weighted by Gasteiger charge is 2.38. The molecule has 34 N–H and O–H groups in total. The Hall–Kier alpha value is -14.3. The van der Waals surface area contributed by atoms with Gasteiger partial charge in [0.1, 0.15) is 90.8 Å². The van der Waals surface area contributed by atoms with Gasteiger partial charge in [0.2, 0.25) is 100 Å². The van der Waals surface area contributed by atoms with Crippen LogP contribution < -0.4 is 124 Å². The van der Waals surface area contributed by atoms with E-state index in [0.29, 0.717) is 23.3 Å². The summed E-state index contributed by atoms with van der Waals surface area (Å²) in [6.07, 6.45) is -1.92. The fourth-order valence-electron chi connectivity index (χ4n) is 12.1. The number of phenols is 1. The van der Waals surface area contributed by atoms with Crippen LogP contribution >= 0.6 is 11.8 Å². The quantitative estimate of drug-likeness (QED) is 0.0142. The summed E-state index contributed by atoms with van der Waals surface area (Å²) >= 11 is 1.36. The van der Waals surface area contributed by atoms with Gasteiger partial charge in [-0.1, -0.05) is 72.8 Å². The van der Waals surface area contributed by atoms with E-state index in [1.54, 1.807) is 54.8 Å². The zero-order chi connectivity index (χ0) is 98.0. The van der Waals surface area contributed by atoms with Gasteiger partial charge >= 0.3 is 17.9 Å². The van der Waals surface area contributed by atoms with Crippen molar-refractivity contribution in [3.63, 3.8) is 0 Å². The molecule has 3 rings (SSSR count). The van der Waals surface area contributed by atoms with Crippen molar-refractivity contribution in [2.24, 2.45) is 28.7 Å². The van der Waals surface area contributed by atoms with Crippen molar-refractivity contribution < 1.29 is 116 Å². The van der Waals surface area contributed by atoms with Gasteiger partial charge in [0.05, 0.1) is 32.0 Å². The number of aliphatic carboxylic acids is 3. The predicted molar refractivity (Wildman–Crippen MR) is 472 cm³/mol. The molecule has 0 heterocycles. The van der Waals surface area contributed by atoms with Gasteiger partial charge in [0, 0.05) is 38.8 Å². The number of carboxylic acids is 3. The molecule has 17 amide bonds. The molecule has 0 aromatic heterocycles. The molecule has 0 fully saturated rings. The first-order chi connectivity index (χ1) is 61.9. The minimum Gasteiger partial charge on any atom is -0.508 e. The fraction of sp³-hybridized carbons (Fsp3) is 0.506. The number of carbonyl (C=O) groups excluding carboxylic acids is 17. The van der Waals surface area contributed by atoms with Crippen molar-refractivity contribution >= 4 is 142 Å². The third-order valence-corrected chi connectivity index (χ3v) is 19.9. The minimum absolute atomic E-state index is 0.0165. The van der Waals surface area contributed by atoms with Crippen LogP contribution in [0.15, 0.2) is 84.9 Å². The smallest absolute Gasteiger partial charge is 0.322 e. The van der Waals surface area contributed by atoms with Crippen LogP contribution in [0.5, 0.6) is 5.75 Å². The standard InChI is InChI=1S/C81H121N25O24S/c1-42(66(117)93-41-65(115)116)94-67(118)43(2)95-73(124)52(20-12-13-30-82)100-78(129)58(37-63(111)112)103-69(120)45(4)97-74(125)53(22-15-32-90-81(87)88)101-76(127)57(35-47-18-10-7-11-19-47)105-79(130)59(38-64(113)114)106-77(128)56(36-48-23-25-49(107)26-24-48)102-68(119)44(3)96-72(123)51(21-14-31-89-80(85)86)98-62(110)40-91-61(109)39-92-71(122)55(34-46-16-8-6-9-17-46)104-75(126)54(29-33-131-5)99-70(121)50(83)27-28-60(84)108/h6-11,16-19,23-26,42-45,50-59,107H,12-15,20-22,27-41,82-83H2,1-5H3,(H2,84,108)(H,91,109)(H,92,122)(H,93,117)(H,94,118)(H,95,124)(H,96,123)(H,97,125)(H,98,110)(H,99,121)(H,100,129)(H,101,127)(H,102,119)(H,103,120)(H,104,126)(H,105,130)(H,106,128)(H,111,112)(H,113,114)(H,115,116)(H4,85,86,89)(H4,87,88,90)/t42-,43-,44-,45-,50-,51-,52-,53-,54-,55-,56-,57-,58-,59-/m0/s1. The molecule has 0 aliphatic heterocycles. The van der Waals surface area contributed by atoms with Crippen molar-refractivity contribution in [1.29, 1.82) is 10.8 Å². The molecule has 720 valence electrons. The number of phenolic OH excluding ortho intramolecular Hbond substituents is 1. The largest absolute Gasteiger partial charge is 0.508 e. The first-order valence-corrected chi connectivity index (χ1v) is 43.0. The van der Waals surface area contributed by atoms with Crippen LogP contribution in [0, 0.1) is 10.8 Å². The van der Waals surface area contributed by atoms with Crippen molar-refractivity contribution in [1.82, 2.24) is 95.7 Å². The van der Waals surface area contributed by atoms with Gasteiger partial charge in [0.25, 0.3) is 0 Å². The third-order valence-electron chi connectivity index (χ3n) is 19.3. The van der Waals surface area contributed by atoms with Crippen LogP contribution in [0.2, 0.25) is 0 Å².